The summed E-state index contributed by atoms with van der Waals surface area (Å²) in [5.41, 5.74) is -0.421. The summed E-state index contributed by atoms with van der Waals surface area (Å²) in [6.45, 7) is 0.573. The Morgan fingerprint density at radius 3 is 2.52 bits per heavy atom. The highest BCUT2D eigenvalue weighted by atomic mass is 35.5. The largest absolute Gasteiger partial charge is 0.412 e. The van der Waals surface area contributed by atoms with Crippen LogP contribution < -0.4 is 10.0 Å². The number of alkyl halides is 3. The third-order valence-corrected chi connectivity index (χ3v) is 6.65. The van der Waals surface area contributed by atoms with Crippen molar-refractivity contribution < 1.29 is 31.1 Å². The third kappa shape index (κ3) is 5.97. The quantitative estimate of drug-likeness (QED) is 0.636. The molecule has 168 valence electrons. The monoisotopic (exact) mass is 476 g/mol. The SMILES string of the molecule is O=C(NC(c1ccccc1)C(F)(F)F)c1ccc(Cl)c(S(=O)(=O)NCC2CCCO2)c1. The molecular weight excluding hydrogens is 457 g/mol. The zero-order valence-electron chi connectivity index (χ0n) is 16.2. The molecule has 3 rings (SSSR count). The maximum atomic E-state index is 13.5. The van der Waals surface area contributed by atoms with Gasteiger partial charge in [0.15, 0.2) is 6.04 Å². The molecule has 0 saturated carbocycles. The smallest absolute Gasteiger partial charge is 0.377 e. The molecule has 0 aromatic heterocycles. The lowest BCUT2D eigenvalue weighted by Gasteiger charge is -2.22. The van der Waals surface area contributed by atoms with E-state index in [1.165, 1.54) is 24.3 Å². The van der Waals surface area contributed by atoms with Crippen molar-refractivity contribution in [2.75, 3.05) is 13.2 Å². The van der Waals surface area contributed by atoms with E-state index >= 15 is 0 Å². The molecule has 31 heavy (non-hydrogen) atoms. The molecular formula is C20H20ClF3N2O4S. The molecule has 0 spiro atoms. The number of hydrogen-bond acceptors (Lipinski definition) is 4. The van der Waals surface area contributed by atoms with Crippen LogP contribution in [0.15, 0.2) is 53.4 Å². The van der Waals surface area contributed by atoms with Gasteiger partial charge in [0.2, 0.25) is 10.0 Å². The average molecular weight is 477 g/mol. The molecule has 2 aromatic carbocycles. The predicted octanol–water partition coefficient (Wildman–Crippen LogP) is 3.83. The number of amides is 1. The number of halogens is 4. The Hall–Kier alpha value is -2.14. The molecule has 1 aliphatic heterocycles. The lowest BCUT2D eigenvalue weighted by atomic mass is 10.1. The molecule has 11 heteroatoms. The molecule has 2 atom stereocenters. The Balaban J connectivity index is 1.81. The first-order chi connectivity index (χ1) is 14.6. The van der Waals surface area contributed by atoms with E-state index in [1.807, 2.05) is 5.32 Å². The van der Waals surface area contributed by atoms with Crippen molar-refractivity contribution in [3.8, 4) is 0 Å². The molecule has 1 amide bonds. The van der Waals surface area contributed by atoms with E-state index in [4.69, 9.17) is 16.3 Å². The Labute approximate surface area is 182 Å². The van der Waals surface area contributed by atoms with Crippen molar-refractivity contribution >= 4 is 27.5 Å². The van der Waals surface area contributed by atoms with Crippen LogP contribution in [0.4, 0.5) is 13.2 Å². The fraction of sp³-hybridized carbons (Fsp3) is 0.350. The summed E-state index contributed by atoms with van der Waals surface area (Å²) in [7, 11) is -4.11. The topological polar surface area (TPSA) is 84.5 Å². The zero-order valence-corrected chi connectivity index (χ0v) is 17.7. The van der Waals surface area contributed by atoms with Gasteiger partial charge in [-0.1, -0.05) is 41.9 Å². The first-order valence-corrected chi connectivity index (χ1v) is 11.3. The number of benzene rings is 2. The van der Waals surface area contributed by atoms with E-state index in [-0.39, 0.29) is 28.8 Å². The van der Waals surface area contributed by atoms with Gasteiger partial charge >= 0.3 is 6.18 Å². The number of ether oxygens (including phenoxy) is 1. The summed E-state index contributed by atoms with van der Waals surface area (Å²) >= 11 is 5.99. The molecule has 2 aromatic rings. The van der Waals surface area contributed by atoms with Gasteiger partial charge in [-0.3, -0.25) is 4.79 Å². The Morgan fingerprint density at radius 2 is 1.90 bits per heavy atom. The zero-order chi connectivity index (χ0) is 22.6. The van der Waals surface area contributed by atoms with Crippen LogP contribution in [0.25, 0.3) is 0 Å². The normalized spacial score (nSPS) is 18.0. The van der Waals surface area contributed by atoms with Crippen LogP contribution >= 0.6 is 11.6 Å². The second-order valence-corrected chi connectivity index (χ2v) is 9.13. The van der Waals surface area contributed by atoms with Gasteiger partial charge in [-0.25, -0.2) is 13.1 Å². The molecule has 0 bridgehead atoms. The molecule has 0 radical (unpaired) electrons. The Bertz CT molecular complexity index is 1030. The van der Waals surface area contributed by atoms with E-state index in [9.17, 15) is 26.4 Å². The minimum Gasteiger partial charge on any atom is -0.377 e. The number of rotatable bonds is 7. The highest BCUT2D eigenvalue weighted by Gasteiger charge is 2.42. The van der Waals surface area contributed by atoms with Crippen LogP contribution in [-0.4, -0.2) is 39.8 Å². The summed E-state index contributed by atoms with van der Waals surface area (Å²) in [5, 5.41) is 1.76. The summed E-state index contributed by atoms with van der Waals surface area (Å²) < 4.78 is 73.5. The minimum absolute atomic E-state index is 0.0270. The second-order valence-electron chi connectivity index (χ2n) is 6.99. The molecule has 2 N–H and O–H groups in total. The summed E-state index contributed by atoms with van der Waals surface area (Å²) in [6, 6.07) is 7.90. The standard InChI is InChI=1S/C20H20ClF3N2O4S/c21-16-9-8-14(11-17(16)31(28,29)25-12-15-7-4-10-30-15)19(27)26-18(20(22,23)24)13-5-2-1-3-6-13/h1-3,5-6,8-9,11,15,18,25H,4,7,10,12H2,(H,26,27). The van der Waals surface area contributed by atoms with Crippen LogP contribution in [0.3, 0.4) is 0 Å². The van der Waals surface area contributed by atoms with Crippen molar-refractivity contribution in [3.63, 3.8) is 0 Å². The van der Waals surface area contributed by atoms with Crippen molar-refractivity contribution in [1.82, 2.24) is 10.0 Å². The average Bonchev–Trinajstić information content (AvgIpc) is 3.24. The summed E-state index contributed by atoms with van der Waals surface area (Å²) in [4.78, 5) is 12.1. The minimum atomic E-state index is -4.75. The van der Waals surface area contributed by atoms with E-state index in [2.05, 4.69) is 4.72 Å². The molecule has 1 saturated heterocycles. The van der Waals surface area contributed by atoms with Gasteiger partial charge in [-0.2, -0.15) is 13.2 Å². The van der Waals surface area contributed by atoms with Gasteiger partial charge in [0.1, 0.15) is 4.90 Å². The van der Waals surface area contributed by atoms with Crippen LogP contribution in [-0.2, 0) is 14.8 Å². The maximum Gasteiger partial charge on any atom is 0.412 e. The molecule has 6 nitrogen and oxygen atoms in total. The van der Waals surface area contributed by atoms with Crippen molar-refractivity contribution in [2.24, 2.45) is 0 Å². The van der Waals surface area contributed by atoms with E-state index in [0.29, 0.717) is 13.0 Å². The van der Waals surface area contributed by atoms with Gasteiger partial charge in [0.25, 0.3) is 5.91 Å². The van der Waals surface area contributed by atoms with Gasteiger partial charge < -0.3 is 10.1 Å². The predicted molar refractivity (Wildman–Crippen MR) is 108 cm³/mol. The molecule has 1 fully saturated rings. The van der Waals surface area contributed by atoms with Gasteiger partial charge in [-0.15, -0.1) is 0 Å². The third-order valence-electron chi connectivity index (χ3n) is 4.74. The number of hydrogen-bond donors (Lipinski definition) is 2. The van der Waals surface area contributed by atoms with Crippen molar-refractivity contribution in [1.29, 1.82) is 0 Å². The Morgan fingerprint density at radius 1 is 1.19 bits per heavy atom. The molecule has 0 aliphatic carbocycles. The van der Waals surface area contributed by atoms with Crippen LogP contribution in [0.2, 0.25) is 5.02 Å². The van der Waals surface area contributed by atoms with E-state index in [0.717, 1.165) is 24.6 Å². The number of nitrogens with one attached hydrogen (secondary N) is 2. The van der Waals surface area contributed by atoms with Gasteiger partial charge in [-0.05, 0) is 36.6 Å². The van der Waals surface area contributed by atoms with E-state index < -0.39 is 33.0 Å². The van der Waals surface area contributed by atoms with Crippen LogP contribution in [0.1, 0.15) is 34.8 Å². The highest BCUT2D eigenvalue weighted by Crippen LogP contribution is 2.33. The molecule has 2 unspecified atom stereocenters. The van der Waals surface area contributed by atoms with E-state index in [1.54, 1.807) is 6.07 Å². The second kappa shape index (κ2) is 9.56. The highest BCUT2D eigenvalue weighted by molar-refractivity contribution is 7.89. The van der Waals surface area contributed by atoms with Crippen LogP contribution in [0, 0.1) is 0 Å². The lowest BCUT2D eigenvalue weighted by Crippen LogP contribution is -2.38. The fourth-order valence-electron chi connectivity index (χ4n) is 3.15. The molecule has 1 heterocycles. The lowest BCUT2D eigenvalue weighted by molar-refractivity contribution is -0.155. The summed E-state index contributed by atoms with van der Waals surface area (Å²) in [6.07, 6.45) is -3.48. The first-order valence-electron chi connectivity index (χ1n) is 9.41. The maximum absolute atomic E-state index is 13.5. The Kier molecular flexibility index (Phi) is 7.25. The molecule has 1 aliphatic rings. The number of carbonyl (C=O) groups excluding carboxylic acids is 1. The van der Waals surface area contributed by atoms with Gasteiger partial charge in [0, 0.05) is 18.7 Å². The fourth-order valence-corrected chi connectivity index (χ4v) is 4.74. The summed E-state index contributed by atoms with van der Waals surface area (Å²) in [5.74, 6) is -1.08. The van der Waals surface area contributed by atoms with Gasteiger partial charge in [0.05, 0.1) is 11.1 Å². The van der Waals surface area contributed by atoms with Crippen molar-refractivity contribution in [3.05, 3.63) is 64.7 Å². The van der Waals surface area contributed by atoms with Crippen molar-refractivity contribution in [2.45, 2.75) is 36.1 Å². The van der Waals surface area contributed by atoms with Crippen LogP contribution in [0.5, 0.6) is 0 Å². The number of sulfonamides is 1. The first kappa shape index (κ1) is 23.5. The number of carbonyl (C=O) groups is 1.